The van der Waals surface area contributed by atoms with Crippen molar-refractivity contribution in [2.75, 3.05) is 13.2 Å². The second kappa shape index (κ2) is 6.57. The minimum Gasteiger partial charge on any atom is -0.396 e. The number of aliphatic hydroxyl groups excluding tert-OH is 1. The Morgan fingerprint density at radius 2 is 2.15 bits per heavy atom. The van der Waals surface area contributed by atoms with Crippen LogP contribution in [0.15, 0.2) is 30.5 Å². The van der Waals surface area contributed by atoms with Crippen molar-refractivity contribution in [3.05, 3.63) is 36.0 Å². The number of aliphatic hydroxyl groups is 1. The maximum absolute atomic E-state index is 12.0. The third-order valence-electron chi connectivity index (χ3n) is 3.52. The Bertz CT molecular complexity index is 589. The van der Waals surface area contributed by atoms with E-state index in [4.69, 9.17) is 5.11 Å². The van der Waals surface area contributed by atoms with Crippen molar-refractivity contribution in [3.8, 4) is 0 Å². The number of nitrogens with one attached hydrogen (secondary N) is 1. The molecule has 0 bridgehead atoms. The van der Waals surface area contributed by atoms with Gasteiger partial charge < -0.3 is 15.0 Å². The number of benzene rings is 1. The smallest absolute Gasteiger partial charge is 0.224 e. The average molecular weight is 274 g/mol. The van der Waals surface area contributed by atoms with Gasteiger partial charge in [0.15, 0.2) is 0 Å². The van der Waals surface area contributed by atoms with Gasteiger partial charge in [0.2, 0.25) is 5.91 Å². The van der Waals surface area contributed by atoms with Crippen LogP contribution in [0.3, 0.4) is 0 Å². The number of nitrogens with zero attached hydrogens (tertiary/aromatic N) is 1. The molecule has 0 fully saturated rings. The van der Waals surface area contributed by atoms with E-state index in [0.29, 0.717) is 13.0 Å². The van der Waals surface area contributed by atoms with Gasteiger partial charge in [-0.05, 0) is 24.5 Å². The van der Waals surface area contributed by atoms with E-state index in [-0.39, 0.29) is 18.4 Å². The molecule has 0 aliphatic carbocycles. The summed E-state index contributed by atoms with van der Waals surface area (Å²) in [5, 5.41) is 13.0. The van der Waals surface area contributed by atoms with Gasteiger partial charge in [0.1, 0.15) is 0 Å². The molecule has 4 heteroatoms. The van der Waals surface area contributed by atoms with E-state index in [1.54, 1.807) is 0 Å². The summed E-state index contributed by atoms with van der Waals surface area (Å²) in [5.74, 6) is 0.0974. The average Bonchev–Trinajstić information content (AvgIpc) is 2.83. The van der Waals surface area contributed by atoms with Crippen LogP contribution in [0.25, 0.3) is 10.9 Å². The minimum atomic E-state index is 0.00399. The molecule has 108 valence electrons. The summed E-state index contributed by atoms with van der Waals surface area (Å²) in [5.41, 5.74) is 2.22. The number of hydrogen-bond donors (Lipinski definition) is 2. The van der Waals surface area contributed by atoms with Crippen LogP contribution in [0.5, 0.6) is 0 Å². The molecule has 1 amide bonds. The summed E-state index contributed by atoms with van der Waals surface area (Å²) in [4.78, 5) is 12.0. The molecule has 20 heavy (non-hydrogen) atoms. The molecule has 0 aliphatic rings. The van der Waals surface area contributed by atoms with Crippen LogP contribution in [-0.2, 0) is 17.8 Å². The molecule has 0 saturated carbocycles. The molecule has 1 unspecified atom stereocenters. The number of carbonyl (C=O) groups excluding carboxylic acids is 1. The first-order chi connectivity index (χ1) is 9.65. The first kappa shape index (κ1) is 14.6. The lowest BCUT2D eigenvalue weighted by molar-refractivity contribution is -0.120. The van der Waals surface area contributed by atoms with Gasteiger partial charge in [0.25, 0.3) is 0 Å². The number of hydrogen-bond acceptors (Lipinski definition) is 2. The van der Waals surface area contributed by atoms with Gasteiger partial charge >= 0.3 is 0 Å². The monoisotopic (exact) mass is 274 g/mol. The van der Waals surface area contributed by atoms with Crippen LogP contribution >= 0.6 is 0 Å². The van der Waals surface area contributed by atoms with Crippen LogP contribution in [0, 0.1) is 5.92 Å². The third kappa shape index (κ3) is 3.20. The number of aromatic nitrogens is 1. The zero-order valence-electron chi connectivity index (χ0n) is 12.1. The van der Waals surface area contributed by atoms with Gasteiger partial charge in [0, 0.05) is 36.8 Å². The highest BCUT2D eigenvalue weighted by Gasteiger charge is 2.11. The Morgan fingerprint density at radius 1 is 1.40 bits per heavy atom. The highest BCUT2D eigenvalue weighted by Crippen LogP contribution is 2.21. The Labute approximate surface area is 119 Å². The molecule has 0 saturated heterocycles. The minimum absolute atomic E-state index is 0.00399. The highest BCUT2D eigenvalue weighted by molar-refractivity contribution is 5.89. The van der Waals surface area contributed by atoms with Crippen LogP contribution < -0.4 is 5.32 Å². The van der Waals surface area contributed by atoms with Crippen LogP contribution in [0.1, 0.15) is 19.4 Å². The molecule has 2 rings (SSSR count). The molecule has 0 spiro atoms. The topological polar surface area (TPSA) is 54.3 Å². The number of aryl methyl sites for hydroxylation is 1. The van der Waals surface area contributed by atoms with E-state index in [9.17, 15) is 4.79 Å². The Morgan fingerprint density at radius 3 is 2.85 bits per heavy atom. The fraction of sp³-hybridized carbons (Fsp3) is 0.438. The second-order valence-corrected chi connectivity index (χ2v) is 5.23. The van der Waals surface area contributed by atoms with E-state index >= 15 is 0 Å². The fourth-order valence-corrected chi connectivity index (χ4v) is 2.31. The number of para-hydroxylation sites is 1. The standard InChI is InChI=1S/C16H22N2O2/c1-3-18-10-13(14-6-4-5-7-15(14)18)8-16(20)17-9-12(2)11-19/h4-7,10,12,19H,3,8-9,11H2,1-2H3,(H,17,20). The normalized spacial score (nSPS) is 12.6. The number of carbonyl (C=O) groups is 1. The molecule has 0 radical (unpaired) electrons. The zero-order valence-corrected chi connectivity index (χ0v) is 12.1. The second-order valence-electron chi connectivity index (χ2n) is 5.23. The fourth-order valence-electron chi connectivity index (χ4n) is 2.31. The van der Waals surface area contributed by atoms with Crippen molar-refractivity contribution in [2.45, 2.75) is 26.8 Å². The third-order valence-corrected chi connectivity index (χ3v) is 3.52. The maximum atomic E-state index is 12.0. The number of fused-ring (bicyclic) bond motifs is 1. The first-order valence-electron chi connectivity index (χ1n) is 7.10. The lowest BCUT2D eigenvalue weighted by Gasteiger charge is -2.09. The highest BCUT2D eigenvalue weighted by atomic mass is 16.3. The Balaban J connectivity index is 2.11. The molecule has 2 aromatic rings. The number of amides is 1. The quantitative estimate of drug-likeness (QED) is 0.846. The van der Waals surface area contributed by atoms with Crippen molar-refractivity contribution in [3.63, 3.8) is 0 Å². The van der Waals surface area contributed by atoms with Gasteiger partial charge in [-0.15, -0.1) is 0 Å². The summed E-state index contributed by atoms with van der Waals surface area (Å²) >= 11 is 0. The maximum Gasteiger partial charge on any atom is 0.224 e. The molecule has 1 aromatic carbocycles. The predicted octanol–water partition coefficient (Wildman–Crippen LogP) is 1.95. The van der Waals surface area contributed by atoms with Gasteiger partial charge in [-0.3, -0.25) is 4.79 Å². The van der Waals surface area contributed by atoms with Gasteiger partial charge in [-0.1, -0.05) is 25.1 Å². The van der Waals surface area contributed by atoms with E-state index in [0.717, 1.165) is 17.5 Å². The van der Waals surface area contributed by atoms with Gasteiger partial charge in [-0.2, -0.15) is 0 Å². The predicted molar refractivity (Wildman–Crippen MR) is 80.6 cm³/mol. The number of rotatable bonds is 6. The SMILES string of the molecule is CCn1cc(CC(=O)NCC(C)CO)c2ccccc21. The molecule has 0 aliphatic heterocycles. The van der Waals surface area contributed by atoms with Crippen molar-refractivity contribution in [1.29, 1.82) is 0 Å². The molecule has 1 heterocycles. The summed E-state index contributed by atoms with van der Waals surface area (Å²) < 4.78 is 2.16. The van der Waals surface area contributed by atoms with Gasteiger partial charge in [-0.25, -0.2) is 0 Å². The zero-order chi connectivity index (χ0) is 14.5. The molecular weight excluding hydrogens is 252 g/mol. The van der Waals surface area contributed by atoms with Crippen LogP contribution in [0.4, 0.5) is 0 Å². The largest absolute Gasteiger partial charge is 0.396 e. The van der Waals surface area contributed by atoms with Crippen LogP contribution in [-0.4, -0.2) is 28.7 Å². The van der Waals surface area contributed by atoms with E-state index in [1.165, 1.54) is 5.52 Å². The summed E-state index contributed by atoms with van der Waals surface area (Å²) in [6.45, 7) is 5.50. The molecular formula is C16H22N2O2. The Hall–Kier alpha value is -1.81. The van der Waals surface area contributed by atoms with Crippen molar-refractivity contribution >= 4 is 16.8 Å². The Kier molecular flexibility index (Phi) is 4.79. The lowest BCUT2D eigenvalue weighted by atomic mass is 10.1. The summed E-state index contributed by atoms with van der Waals surface area (Å²) in [6, 6.07) is 8.15. The van der Waals surface area contributed by atoms with E-state index < -0.39 is 0 Å². The summed E-state index contributed by atoms with van der Waals surface area (Å²) in [6.07, 6.45) is 2.44. The molecule has 4 nitrogen and oxygen atoms in total. The molecule has 1 aromatic heterocycles. The van der Waals surface area contributed by atoms with Crippen molar-refractivity contribution in [1.82, 2.24) is 9.88 Å². The van der Waals surface area contributed by atoms with E-state index in [1.807, 2.05) is 19.1 Å². The first-order valence-corrected chi connectivity index (χ1v) is 7.10. The van der Waals surface area contributed by atoms with Gasteiger partial charge in [0.05, 0.1) is 6.42 Å². The lowest BCUT2D eigenvalue weighted by Crippen LogP contribution is -2.30. The van der Waals surface area contributed by atoms with Crippen molar-refractivity contribution in [2.24, 2.45) is 5.92 Å². The summed E-state index contributed by atoms with van der Waals surface area (Å²) in [7, 11) is 0. The van der Waals surface area contributed by atoms with Crippen LogP contribution in [0.2, 0.25) is 0 Å². The van der Waals surface area contributed by atoms with Crippen molar-refractivity contribution < 1.29 is 9.90 Å². The molecule has 1 atom stereocenters. The molecule has 2 N–H and O–H groups in total. The van der Waals surface area contributed by atoms with E-state index in [2.05, 4.69) is 35.1 Å².